The van der Waals surface area contributed by atoms with Crippen molar-refractivity contribution in [1.82, 2.24) is 9.80 Å². The van der Waals surface area contributed by atoms with Crippen molar-refractivity contribution in [1.29, 1.82) is 0 Å². The normalized spacial score (nSPS) is 23.7. The van der Waals surface area contributed by atoms with Gasteiger partial charge < -0.3 is 14.6 Å². The maximum atomic E-state index is 13.9. The number of morpholine rings is 1. The molecule has 8 heteroatoms. The Balaban J connectivity index is 1.22. The highest BCUT2D eigenvalue weighted by atomic mass is 19.1. The summed E-state index contributed by atoms with van der Waals surface area (Å²) >= 11 is 0. The lowest BCUT2D eigenvalue weighted by molar-refractivity contribution is -0.0939. The summed E-state index contributed by atoms with van der Waals surface area (Å²) in [6.07, 6.45) is -0.841. The largest absolute Gasteiger partial charge is 0.457 e. The van der Waals surface area contributed by atoms with Crippen molar-refractivity contribution < 1.29 is 23.8 Å². The highest BCUT2D eigenvalue weighted by Gasteiger charge is 2.36. The van der Waals surface area contributed by atoms with Gasteiger partial charge in [-0.3, -0.25) is 9.80 Å². The molecule has 0 bridgehead atoms. The number of aliphatic hydroxyl groups is 1. The Kier molecular flexibility index (Phi) is 6.13. The van der Waals surface area contributed by atoms with Crippen molar-refractivity contribution in [3.63, 3.8) is 0 Å². The lowest BCUT2D eigenvalue weighted by Crippen LogP contribution is -2.58. The number of β-amino-alcohol motifs (C(OH)–C–C–N with tert-alkyl or cyclic N) is 1. The van der Waals surface area contributed by atoms with Gasteiger partial charge in [-0.15, -0.1) is 0 Å². The molecule has 0 saturated carbocycles. The van der Waals surface area contributed by atoms with Crippen LogP contribution in [0.1, 0.15) is 50.4 Å². The molecule has 0 spiro atoms. The number of ether oxygens (including phenoxy) is 2. The molecule has 7 nitrogen and oxygen atoms in total. The number of benzene rings is 2. The lowest BCUT2D eigenvalue weighted by atomic mass is 9.95. The van der Waals surface area contributed by atoms with Gasteiger partial charge in [-0.05, 0) is 48.2 Å². The number of nitrogens with zero attached hydrogens (tertiary/aromatic N) is 3. The van der Waals surface area contributed by atoms with Gasteiger partial charge in [0.25, 0.3) is 0 Å². The second kappa shape index (κ2) is 9.08. The predicted octanol–water partition coefficient (Wildman–Crippen LogP) is 3.45. The van der Waals surface area contributed by atoms with Crippen LogP contribution in [0.3, 0.4) is 0 Å². The van der Waals surface area contributed by atoms with Crippen LogP contribution in [0.15, 0.2) is 24.3 Å². The Morgan fingerprint density at radius 1 is 1.21 bits per heavy atom. The van der Waals surface area contributed by atoms with Crippen LogP contribution in [-0.4, -0.2) is 66.2 Å². The fraction of sp³-hybridized carbons (Fsp3) is 0.462. The maximum Gasteiger partial charge on any atom is 0.338 e. The van der Waals surface area contributed by atoms with Crippen LogP contribution in [0.4, 0.5) is 10.1 Å². The summed E-state index contributed by atoms with van der Waals surface area (Å²) in [5.74, 6) is -0.790. The third-order valence-corrected chi connectivity index (χ3v) is 7.46. The highest BCUT2D eigenvalue weighted by Crippen LogP contribution is 2.35. The number of carbonyl (C=O) groups is 1. The molecule has 34 heavy (non-hydrogen) atoms. The number of cyclic esters (lactones) is 1. The summed E-state index contributed by atoms with van der Waals surface area (Å²) in [4.78, 5) is 19.8. The zero-order valence-corrected chi connectivity index (χ0v) is 19.4. The minimum atomic E-state index is -0.654. The van der Waals surface area contributed by atoms with Crippen LogP contribution in [0.25, 0.3) is 4.85 Å². The quantitative estimate of drug-likeness (QED) is 0.551. The van der Waals surface area contributed by atoms with E-state index in [1.807, 2.05) is 13.0 Å². The van der Waals surface area contributed by atoms with Crippen LogP contribution < -0.4 is 0 Å². The molecule has 2 aromatic carbocycles. The number of fused-ring (bicyclic) bond motifs is 2. The number of hydrogen-bond donors (Lipinski definition) is 1. The van der Waals surface area contributed by atoms with Crippen LogP contribution in [0.5, 0.6) is 0 Å². The molecule has 0 radical (unpaired) electrons. The van der Waals surface area contributed by atoms with Crippen molar-refractivity contribution in [2.45, 2.75) is 38.7 Å². The van der Waals surface area contributed by atoms with Crippen molar-refractivity contribution in [2.75, 3.05) is 39.3 Å². The number of carbonyl (C=O) groups excluding carboxylic acids is 1. The molecule has 2 saturated heterocycles. The first-order chi connectivity index (χ1) is 16.4. The third-order valence-electron chi connectivity index (χ3n) is 7.46. The second-order valence-electron chi connectivity index (χ2n) is 9.35. The fourth-order valence-corrected chi connectivity index (χ4v) is 5.44. The van der Waals surface area contributed by atoms with Crippen molar-refractivity contribution >= 4 is 11.7 Å². The van der Waals surface area contributed by atoms with Crippen LogP contribution >= 0.6 is 0 Å². The standard InChI is InChI=1S/C26H28FN3O4/c1-15-18(4-5-20-21(15)14-34-26(20)32)23(31)11-29-8-9-30-12-24(33-13-17(30)10-29)19-6-7-22(27)25(28-3)16(19)2/h4-7,17,23-24,31H,8-14H2,1-2H3/t17-,23+,24+/m1/s1. The summed E-state index contributed by atoms with van der Waals surface area (Å²) in [6, 6.07) is 6.88. The van der Waals surface area contributed by atoms with Crippen molar-refractivity contribution in [2.24, 2.45) is 0 Å². The molecule has 1 N–H and O–H groups in total. The van der Waals surface area contributed by atoms with Gasteiger partial charge in [-0.25, -0.2) is 14.0 Å². The zero-order chi connectivity index (χ0) is 24.0. The number of piperazine rings is 1. The SMILES string of the molecule is [C-]#[N+]c1c(F)ccc([C@@H]2CN3CCN(C[C@H](O)c4ccc5c(c4C)COC5=O)C[C@@H]3CO2)c1C. The Morgan fingerprint density at radius 2 is 2.03 bits per heavy atom. The van der Waals surface area contributed by atoms with Crippen LogP contribution in [0, 0.1) is 26.2 Å². The van der Waals surface area contributed by atoms with E-state index in [0.29, 0.717) is 30.8 Å². The van der Waals surface area contributed by atoms with E-state index >= 15 is 0 Å². The van der Waals surface area contributed by atoms with Gasteiger partial charge in [0.05, 0.1) is 31.0 Å². The first kappa shape index (κ1) is 22.9. The predicted molar refractivity (Wildman–Crippen MR) is 123 cm³/mol. The van der Waals surface area contributed by atoms with Gasteiger partial charge in [0, 0.05) is 44.3 Å². The van der Waals surface area contributed by atoms with E-state index in [9.17, 15) is 14.3 Å². The molecule has 3 aliphatic heterocycles. The molecular weight excluding hydrogens is 437 g/mol. The minimum Gasteiger partial charge on any atom is -0.457 e. The average molecular weight is 466 g/mol. The molecule has 3 atom stereocenters. The smallest absolute Gasteiger partial charge is 0.338 e. The van der Waals surface area contributed by atoms with Crippen LogP contribution in [0.2, 0.25) is 0 Å². The lowest BCUT2D eigenvalue weighted by Gasteiger charge is -2.46. The molecule has 0 aliphatic carbocycles. The van der Waals surface area contributed by atoms with E-state index < -0.39 is 11.9 Å². The van der Waals surface area contributed by atoms with Crippen molar-refractivity contribution in [3.8, 4) is 0 Å². The first-order valence-electron chi connectivity index (χ1n) is 11.6. The van der Waals surface area contributed by atoms with E-state index in [4.69, 9.17) is 16.0 Å². The molecule has 0 amide bonds. The monoisotopic (exact) mass is 465 g/mol. The summed E-state index contributed by atoms with van der Waals surface area (Å²) in [5.41, 5.74) is 4.81. The van der Waals surface area contributed by atoms with Gasteiger partial charge >= 0.3 is 5.97 Å². The van der Waals surface area contributed by atoms with E-state index in [1.165, 1.54) is 6.07 Å². The Bertz CT molecular complexity index is 1180. The molecular formula is C26H28FN3O4. The van der Waals surface area contributed by atoms with Gasteiger partial charge in [0.2, 0.25) is 5.69 Å². The Labute approximate surface area is 198 Å². The summed E-state index contributed by atoms with van der Waals surface area (Å²) < 4.78 is 25.2. The minimum absolute atomic E-state index is 0.0693. The van der Waals surface area contributed by atoms with E-state index in [2.05, 4.69) is 14.6 Å². The van der Waals surface area contributed by atoms with Gasteiger partial charge in [-0.2, -0.15) is 0 Å². The number of halogens is 1. The summed E-state index contributed by atoms with van der Waals surface area (Å²) in [7, 11) is 0. The van der Waals surface area contributed by atoms with E-state index in [1.54, 1.807) is 19.1 Å². The number of esters is 1. The van der Waals surface area contributed by atoms with E-state index in [-0.39, 0.29) is 30.4 Å². The summed E-state index contributed by atoms with van der Waals surface area (Å²) in [5, 5.41) is 11.0. The van der Waals surface area contributed by atoms with Crippen LogP contribution in [-0.2, 0) is 16.1 Å². The maximum absolute atomic E-state index is 13.9. The second-order valence-corrected chi connectivity index (χ2v) is 9.35. The fourth-order valence-electron chi connectivity index (χ4n) is 5.44. The molecule has 3 aliphatic rings. The highest BCUT2D eigenvalue weighted by molar-refractivity contribution is 5.93. The van der Waals surface area contributed by atoms with Gasteiger partial charge in [0.15, 0.2) is 0 Å². The summed E-state index contributed by atoms with van der Waals surface area (Å²) in [6.45, 7) is 15.4. The molecule has 2 fully saturated rings. The number of rotatable bonds is 4. The third kappa shape index (κ3) is 3.99. The number of aliphatic hydroxyl groups excluding tert-OH is 1. The molecule has 5 rings (SSSR count). The van der Waals surface area contributed by atoms with Crippen molar-refractivity contribution in [3.05, 3.63) is 74.9 Å². The molecule has 0 unspecified atom stereocenters. The molecule has 178 valence electrons. The average Bonchev–Trinajstić information content (AvgIpc) is 3.21. The number of hydrogen-bond acceptors (Lipinski definition) is 6. The zero-order valence-electron chi connectivity index (χ0n) is 19.4. The van der Waals surface area contributed by atoms with Gasteiger partial charge in [0.1, 0.15) is 12.4 Å². The van der Waals surface area contributed by atoms with E-state index in [0.717, 1.165) is 41.9 Å². The molecule has 0 aromatic heterocycles. The first-order valence-corrected chi connectivity index (χ1v) is 11.6. The Hall–Kier alpha value is -2.83. The molecule has 2 aromatic rings. The Morgan fingerprint density at radius 3 is 2.82 bits per heavy atom. The topological polar surface area (TPSA) is 66.6 Å². The van der Waals surface area contributed by atoms with Gasteiger partial charge in [-0.1, -0.05) is 12.1 Å². The molecule has 3 heterocycles.